The number of hydrogen-bond acceptors (Lipinski definition) is 5. The fourth-order valence-corrected chi connectivity index (χ4v) is 3.16. The van der Waals surface area contributed by atoms with Crippen LogP contribution in [0.2, 0.25) is 0 Å². The number of esters is 1. The zero-order valence-electron chi connectivity index (χ0n) is 16.6. The first-order valence-corrected chi connectivity index (χ1v) is 9.38. The van der Waals surface area contributed by atoms with Crippen LogP contribution in [0.15, 0.2) is 59.4 Å². The molecule has 29 heavy (non-hydrogen) atoms. The molecule has 2 aromatic carbocycles. The fraction of sp³-hybridized carbons (Fsp3) is 0.273. The van der Waals surface area contributed by atoms with Crippen molar-refractivity contribution in [3.63, 3.8) is 0 Å². The number of amides is 1. The second kappa shape index (κ2) is 8.68. The standard InChI is InChI=1S/C22H23N3O4/c1-14(2)13-18(22(28)29-3)23-20(26)19-16-11-7-8-12-17(16)21(27)25(24-19)15-9-5-4-6-10-15/h4-12,14,18H,13H2,1-3H3,(H,23,26)/t18-/m0/s1. The highest BCUT2D eigenvalue weighted by Crippen LogP contribution is 2.16. The predicted octanol–water partition coefficient (Wildman–Crippen LogP) is 2.70. The number of nitrogens with zero attached hydrogens (tertiary/aromatic N) is 2. The van der Waals surface area contributed by atoms with Crippen molar-refractivity contribution < 1.29 is 14.3 Å². The predicted molar refractivity (Wildman–Crippen MR) is 110 cm³/mol. The van der Waals surface area contributed by atoms with E-state index in [0.717, 1.165) is 0 Å². The Hall–Kier alpha value is -3.48. The maximum absolute atomic E-state index is 13.1. The van der Waals surface area contributed by atoms with Crippen molar-refractivity contribution in [2.75, 3.05) is 7.11 Å². The number of nitrogens with one attached hydrogen (secondary N) is 1. The normalized spacial score (nSPS) is 12.0. The highest BCUT2D eigenvalue weighted by Gasteiger charge is 2.25. The van der Waals surface area contributed by atoms with Crippen molar-refractivity contribution in [3.05, 3.63) is 70.6 Å². The Morgan fingerprint density at radius 3 is 2.28 bits per heavy atom. The largest absolute Gasteiger partial charge is 0.467 e. The minimum atomic E-state index is -0.801. The van der Waals surface area contributed by atoms with Crippen LogP contribution in [0.5, 0.6) is 0 Å². The van der Waals surface area contributed by atoms with Gasteiger partial charge in [-0.25, -0.2) is 4.79 Å². The Morgan fingerprint density at radius 1 is 1.03 bits per heavy atom. The molecule has 1 amide bonds. The first kappa shape index (κ1) is 20.3. The molecule has 1 N–H and O–H groups in total. The van der Waals surface area contributed by atoms with Crippen molar-refractivity contribution in [3.8, 4) is 5.69 Å². The van der Waals surface area contributed by atoms with Gasteiger partial charge in [-0.05, 0) is 30.5 Å². The summed E-state index contributed by atoms with van der Waals surface area (Å²) in [7, 11) is 1.28. The van der Waals surface area contributed by atoms with Crippen LogP contribution in [0.4, 0.5) is 0 Å². The molecule has 0 unspecified atom stereocenters. The molecule has 1 heterocycles. The summed E-state index contributed by atoms with van der Waals surface area (Å²) in [4.78, 5) is 38.1. The van der Waals surface area contributed by atoms with Crippen molar-refractivity contribution in [1.82, 2.24) is 15.1 Å². The molecule has 150 valence electrons. The van der Waals surface area contributed by atoms with Gasteiger partial charge in [0.25, 0.3) is 11.5 Å². The van der Waals surface area contributed by atoms with Gasteiger partial charge in [-0.1, -0.05) is 50.2 Å². The van der Waals surface area contributed by atoms with E-state index in [1.54, 1.807) is 48.5 Å². The first-order chi connectivity index (χ1) is 13.9. The van der Waals surface area contributed by atoms with Crippen LogP contribution in [-0.2, 0) is 9.53 Å². The van der Waals surface area contributed by atoms with Crippen LogP contribution in [-0.4, -0.2) is 34.8 Å². The Bertz CT molecular complexity index is 1090. The molecule has 3 rings (SSSR count). The molecule has 1 aromatic heterocycles. The second-order valence-electron chi connectivity index (χ2n) is 7.13. The fourth-order valence-electron chi connectivity index (χ4n) is 3.16. The van der Waals surface area contributed by atoms with E-state index in [4.69, 9.17) is 4.74 Å². The number of benzene rings is 2. The number of carbonyl (C=O) groups excluding carboxylic acids is 2. The molecule has 0 fully saturated rings. The van der Waals surface area contributed by atoms with Crippen molar-refractivity contribution in [1.29, 1.82) is 0 Å². The zero-order chi connectivity index (χ0) is 21.0. The minimum absolute atomic E-state index is 0.0710. The minimum Gasteiger partial charge on any atom is -0.467 e. The maximum atomic E-state index is 13.1. The zero-order valence-corrected chi connectivity index (χ0v) is 16.6. The van der Waals surface area contributed by atoms with Gasteiger partial charge in [-0.15, -0.1) is 0 Å². The summed E-state index contributed by atoms with van der Waals surface area (Å²) in [6.07, 6.45) is 0.425. The Balaban J connectivity index is 2.10. The average molecular weight is 393 g/mol. The third-order valence-electron chi connectivity index (χ3n) is 4.52. The number of fused-ring (bicyclic) bond motifs is 1. The van der Waals surface area contributed by atoms with Crippen molar-refractivity contribution in [2.24, 2.45) is 5.92 Å². The summed E-state index contributed by atoms with van der Waals surface area (Å²) in [5.74, 6) is -0.892. The lowest BCUT2D eigenvalue weighted by atomic mass is 10.0. The molecule has 0 aliphatic rings. The van der Waals surface area contributed by atoms with E-state index in [1.807, 2.05) is 19.9 Å². The van der Waals surface area contributed by atoms with Crippen LogP contribution in [0.3, 0.4) is 0 Å². The van der Waals surface area contributed by atoms with Gasteiger partial charge >= 0.3 is 5.97 Å². The molecule has 0 bridgehead atoms. The van der Waals surface area contributed by atoms with Crippen LogP contribution in [0, 0.1) is 5.92 Å². The Labute approximate surface area is 168 Å². The number of ether oxygens (including phenoxy) is 1. The molecular weight excluding hydrogens is 370 g/mol. The van der Waals surface area contributed by atoms with Gasteiger partial charge in [0, 0.05) is 5.39 Å². The SMILES string of the molecule is COC(=O)[C@H](CC(C)C)NC(=O)c1nn(-c2ccccc2)c(=O)c2ccccc12. The lowest BCUT2D eigenvalue weighted by Gasteiger charge is -2.19. The van der Waals surface area contributed by atoms with E-state index in [1.165, 1.54) is 11.8 Å². The van der Waals surface area contributed by atoms with E-state index >= 15 is 0 Å². The summed E-state index contributed by atoms with van der Waals surface area (Å²) in [5.41, 5.74) is 0.292. The van der Waals surface area contributed by atoms with Crippen molar-refractivity contribution >= 4 is 22.6 Å². The lowest BCUT2D eigenvalue weighted by Crippen LogP contribution is -2.43. The number of hydrogen-bond donors (Lipinski definition) is 1. The smallest absolute Gasteiger partial charge is 0.328 e. The highest BCUT2D eigenvalue weighted by molar-refractivity contribution is 6.05. The Kier molecular flexibility index (Phi) is 6.07. The summed E-state index contributed by atoms with van der Waals surface area (Å²) in [6, 6.07) is 14.9. The molecule has 1 atom stereocenters. The quantitative estimate of drug-likeness (QED) is 0.651. The molecule has 0 saturated heterocycles. The second-order valence-corrected chi connectivity index (χ2v) is 7.13. The molecule has 0 aliphatic carbocycles. The number of para-hydroxylation sites is 1. The summed E-state index contributed by atoms with van der Waals surface area (Å²) >= 11 is 0. The van der Waals surface area contributed by atoms with Gasteiger partial charge in [0.15, 0.2) is 5.69 Å². The molecule has 0 saturated carbocycles. The molecule has 3 aromatic rings. The highest BCUT2D eigenvalue weighted by atomic mass is 16.5. The molecule has 7 nitrogen and oxygen atoms in total. The van der Waals surface area contributed by atoms with Gasteiger partial charge in [0.1, 0.15) is 6.04 Å². The van der Waals surface area contributed by atoms with Gasteiger partial charge in [-0.3, -0.25) is 9.59 Å². The van der Waals surface area contributed by atoms with Gasteiger partial charge < -0.3 is 10.1 Å². The third-order valence-corrected chi connectivity index (χ3v) is 4.52. The van der Waals surface area contributed by atoms with E-state index in [0.29, 0.717) is 22.9 Å². The lowest BCUT2D eigenvalue weighted by molar-refractivity contribution is -0.143. The van der Waals surface area contributed by atoms with E-state index < -0.39 is 17.9 Å². The van der Waals surface area contributed by atoms with Crippen LogP contribution < -0.4 is 10.9 Å². The monoisotopic (exact) mass is 393 g/mol. The topological polar surface area (TPSA) is 90.3 Å². The first-order valence-electron chi connectivity index (χ1n) is 9.38. The number of methoxy groups -OCH3 is 1. The summed E-state index contributed by atoms with van der Waals surface area (Å²) in [5, 5.41) is 7.84. The van der Waals surface area contributed by atoms with Gasteiger partial charge in [-0.2, -0.15) is 9.78 Å². The molecule has 0 spiro atoms. The average Bonchev–Trinajstić information content (AvgIpc) is 2.73. The van der Waals surface area contributed by atoms with Gasteiger partial charge in [0.05, 0.1) is 18.2 Å². The number of aromatic nitrogens is 2. The number of carbonyl (C=O) groups is 2. The molecule has 0 radical (unpaired) electrons. The summed E-state index contributed by atoms with van der Waals surface area (Å²) in [6.45, 7) is 3.90. The van der Waals surface area contributed by atoms with Gasteiger partial charge in [0.2, 0.25) is 0 Å². The maximum Gasteiger partial charge on any atom is 0.328 e. The van der Waals surface area contributed by atoms with Crippen LogP contribution in [0.25, 0.3) is 16.5 Å². The van der Waals surface area contributed by atoms with Crippen LogP contribution >= 0.6 is 0 Å². The molecule has 7 heteroatoms. The van der Waals surface area contributed by atoms with E-state index in [2.05, 4.69) is 10.4 Å². The van der Waals surface area contributed by atoms with Crippen LogP contribution in [0.1, 0.15) is 30.8 Å². The molecule has 0 aliphatic heterocycles. The van der Waals surface area contributed by atoms with E-state index in [9.17, 15) is 14.4 Å². The third kappa shape index (κ3) is 4.34. The number of rotatable bonds is 6. The summed E-state index contributed by atoms with van der Waals surface area (Å²) < 4.78 is 6.02. The molecular formula is C22H23N3O4. The van der Waals surface area contributed by atoms with E-state index in [-0.39, 0.29) is 17.2 Å². The van der Waals surface area contributed by atoms with Crippen molar-refractivity contribution in [2.45, 2.75) is 26.3 Å². The Morgan fingerprint density at radius 2 is 1.66 bits per heavy atom.